The summed E-state index contributed by atoms with van der Waals surface area (Å²) in [6.45, 7) is 0.754. The number of imide groups is 1. The van der Waals surface area contributed by atoms with Crippen molar-refractivity contribution >= 4 is 17.9 Å². The van der Waals surface area contributed by atoms with Crippen molar-refractivity contribution in [2.75, 3.05) is 7.05 Å². The average Bonchev–Trinajstić information content (AvgIpc) is 2.96. The zero-order valence-corrected chi connectivity index (χ0v) is 13.5. The van der Waals surface area contributed by atoms with E-state index in [0.717, 1.165) is 4.68 Å². The first-order chi connectivity index (χ1) is 11.9. The van der Waals surface area contributed by atoms with Crippen LogP contribution in [0.1, 0.15) is 6.92 Å². The van der Waals surface area contributed by atoms with Crippen LogP contribution in [0.4, 0.5) is 4.79 Å². The highest BCUT2D eigenvalue weighted by Crippen LogP contribution is 2.13. The van der Waals surface area contributed by atoms with Gasteiger partial charge in [0.2, 0.25) is 5.89 Å². The van der Waals surface area contributed by atoms with Crippen LogP contribution in [0.25, 0.3) is 11.5 Å². The summed E-state index contributed by atoms with van der Waals surface area (Å²) in [6.07, 6.45) is -1.22. The predicted molar refractivity (Wildman–Crippen MR) is 84.4 cm³/mol. The maximum Gasteiger partial charge on any atom is 0.437 e. The number of nitrogens with zero attached hydrogens (tertiary/aromatic N) is 2. The van der Waals surface area contributed by atoms with Crippen LogP contribution in [0.15, 0.2) is 39.5 Å². The Balaban J connectivity index is 1.99. The molecule has 0 spiro atoms. The Morgan fingerprint density at radius 3 is 2.60 bits per heavy atom. The highest BCUT2D eigenvalue weighted by atomic mass is 16.5. The quantitative estimate of drug-likeness (QED) is 0.720. The normalized spacial score (nSPS) is 11.4. The summed E-state index contributed by atoms with van der Waals surface area (Å²) in [4.78, 5) is 46.2. The number of benzene rings is 1. The Hall–Kier alpha value is -3.43. The van der Waals surface area contributed by atoms with E-state index in [-0.39, 0.29) is 5.89 Å². The number of carbonyl (C=O) groups excluding carboxylic acids is 3. The van der Waals surface area contributed by atoms with E-state index in [1.807, 2.05) is 5.32 Å². The topological polar surface area (TPSA) is 133 Å². The van der Waals surface area contributed by atoms with E-state index < -0.39 is 36.3 Å². The molecule has 0 saturated carbocycles. The predicted octanol–water partition coefficient (Wildman–Crippen LogP) is -0.109. The SMILES string of the molecule is CNC(=O)NC(=O)[C@@H](C)OC(=O)Cn1nc(-c2ccccc2)oc1=O. The Morgan fingerprint density at radius 2 is 1.96 bits per heavy atom. The van der Waals surface area contributed by atoms with Crippen molar-refractivity contribution in [3.8, 4) is 11.5 Å². The van der Waals surface area contributed by atoms with Gasteiger partial charge in [0.15, 0.2) is 6.10 Å². The molecule has 1 aromatic carbocycles. The third-order valence-corrected chi connectivity index (χ3v) is 3.05. The Labute approximate surface area is 141 Å². The smallest absolute Gasteiger partial charge is 0.437 e. The molecule has 10 nitrogen and oxygen atoms in total. The number of aromatic nitrogens is 2. The van der Waals surface area contributed by atoms with Crippen LogP contribution in [0, 0.1) is 0 Å². The number of hydrogen-bond donors (Lipinski definition) is 2. The lowest BCUT2D eigenvalue weighted by Gasteiger charge is -2.12. The Morgan fingerprint density at radius 1 is 1.28 bits per heavy atom. The zero-order chi connectivity index (χ0) is 18.4. The van der Waals surface area contributed by atoms with Crippen molar-refractivity contribution in [3.63, 3.8) is 0 Å². The molecule has 0 fully saturated rings. The lowest BCUT2D eigenvalue weighted by molar-refractivity contribution is -0.155. The first kappa shape index (κ1) is 17.9. The number of amides is 3. The summed E-state index contributed by atoms with van der Waals surface area (Å²) >= 11 is 0. The number of rotatable bonds is 5. The summed E-state index contributed by atoms with van der Waals surface area (Å²) in [6, 6.07) is 7.94. The monoisotopic (exact) mass is 348 g/mol. The summed E-state index contributed by atoms with van der Waals surface area (Å²) in [5, 5.41) is 8.06. The van der Waals surface area contributed by atoms with Crippen LogP contribution < -0.4 is 16.4 Å². The van der Waals surface area contributed by atoms with Crippen molar-refractivity contribution in [1.82, 2.24) is 20.4 Å². The summed E-state index contributed by atoms with van der Waals surface area (Å²) in [5.74, 6) is -2.46. The maximum atomic E-state index is 11.8. The van der Waals surface area contributed by atoms with Gasteiger partial charge in [-0.1, -0.05) is 18.2 Å². The molecule has 0 radical (unpaired) electrons. The van der Waals surface area contributed by atoms with E-state index in [1.165, 1.54) is 14.0 Å². The highest BCUT2D eigenvalue weighted by molar-refractivity contribution is 5.96. The van der Waals surface area contributed by atoms with E-state index >= 15 is 0 Å². The van der Waals surface area contributed by atoms with Crippen LogP contribution >= 0.6 is 0 Å². The van der Waals surface area contributed by atoms with Gasteiger partial charge in [-0.2, -0.15) is 4.68 Å². The average molecular weight is 348 g/mol. The van der Waals surface area contributed by atoms with Gasteiger partial charge in [-0.05, 0) is 19.1 Å². The van der Waals surface area contributed by atoms with Crippen molar-refractivity contribution in [2.45, 2.75) is 19.6 Å². The first-order valence-corrected chi connectivity index (χ1v) is 7.26. The first-order valence-electron chi connectivity index (χ1n) is 7.26. The minimum absolute atomic E-state index is 0.0591. The molecule has 2 rings (SSSR count). The summed E-state index contributed by atoms with van der Waals surface area (Å²) in [5.41, 5.74) is 0.574. The number of ether oxygens (including phenoxy) is 1. The van der Waals surface area contributed by atoms with Crippen LogP contribution in [-0.4, -0.2) is 40.8 Å². The molecule has 1 atom stereocenters. The van der Waals surface area contributed by atoms with Gasteiger partial charge in [0, 0.05) is 12.6 Å². The molecule has 0 unspecified atom stereocenters. The van der Waals surface area contributed by atoms with E-state index in [0.29, 0.717) is 5.56 Å². The van der Waals surface area contributed by atoms with Gasteiger partial charge in [0.1, 0.15) is 6.54 Å². The Bertz CT molecular complexity index is 826. The highest BCUT2D eigenvalue weighted by Gasteiger charge is 2.21. The molecule has 10 heteroatoms. The van der Waals surface area contributed by atoms with Gasteiger partial charge in [-0.3, -0.25) is 14.9 Å². The van der Waals surface area contributed by atoms with Crippen LogP contribution in [0.5, 0.6) is 0 Å². The molecule has 132 valence electrons. The van der Waals surface area contributed by atoms with Crippen LogP contribution in [-0.2, 0) is 20.9 Å². The standard InChI is InChI=1S/C15H16N4O6/c1-9(12(21)17-14(22)16-2)24-11(20)8-19-15(23)25-13(18-19)10-6-4-3-5-7-10/h3-7,9H,8H2,1-2H3,(H2,16,17,21,22)/t9-/m1/s1. The van der Waals surface area contributed by atoms with Gasteiger partial charge in [-0.25, -0.2) is 9.59 Å². The second-order valence-electron chi connectivity index (χ2n) is 4.90. The van der Waals surface area contributed by atoms with Gasteiger partial charge in [0.05, 0.1) is 0 Å². The molecular formula is C15H16N4O6. The maximum absolute atomic E-state index is 11.8. The fourth-order valence-corrected chi connectivity index (χ4v) is 1.79. The van der Waals surface area contributed by atoms with E-state index in [4.69, 9.17) is 9.15 Å². The van der Waals surface area contributed by atoms with Crippen molar-refractivity contribution < 1.29 is 23.5 Å². The largest absolute Gasteiger partial charge is 0.451 e. The summed E-state index contributed by atoms with van der Waals surface area (Å²) in [7, 11) is 1.33. The number of hydrogen-bond acceptors (Lipinski definition) is 7. The molecule has 2 aromatic rings. The molecule has 0 saturated heterocycles. The number of nitrogens with one attached hydrogen (secondary N) is 2. The fraction of sp³-hybridized carbons (Fsp3) is 0.267. The molecule has 25 heavy (non-hydrogen) atoms. The number of carbonyl (C=O) groups is 3. The second kappa shape index (κ2) is 7.90. The minimum atomic E-state index is -1.22. The Kier molecular flexibility index (Phi) is 5.66. The molecule has 3 amide bonds. The molecule has 0 aliphatic rings. The molecule has 1 heterocycles. The number of esters is 1. The van der Waals surface area contributed by atoms with Crippen molar-refractivity contribution in [2.24, 2.45) is 0 Å². The van der Waals surface area contributed by atoms with Gasteiger partial charge in [0.25, 0.3) is 5.91 Å². The van der Waals surface area contributed by atoms with E-state index in [9.17, 15) is 19.2 Å². The number of urea groups is 1. The lowest BCUT2D eigenvalue weighted by atomic mass is 10.2. The van der Waals surface area contributed by atoms with Crippen LogP contribution in [0.2, 0.25) is 0 Å². The molecular weight excluding hydrogens is 332 g/mol. The fourth-order valence-electron chi connectivity index (χ4n) is 1.79. The molecule has 0 bridgehead atoms. The lowest BCUT2D eigenvalue weighted by Crippen LogP contribution is -2.43. The summed E-state index contributed by atoms with van der Waals surface area (Å²) < 4.78 is 10.6. The molecule has 0 aliphatic carbocycles. The van der Waals surface area contributed by atoms with E-state index in [1.54, 1.807) is 30.3 Å². The van der Waals surface area contributed by atoms with Gasteiger partial charge in [-0.15, -0.1) is 5.10 Å². The van der Waals surface area contributed by atoms with Gasteiger partial charge >= 0.3 is 17.8 Å². The minimum Gasteiger partial charge on any atom is -0.451 e. The van der Waals surface area contributed by atoms with Gasteiger partial charge < -0.3 is 14.5 Å². The third kappa shape index (κ3) is 4.77. The second-order valence-corrected chi connectivity index (χ2v) is 4.90. The molecule has 2 N–H and O–H groups in total. The van der Waals surface area contributed by atoms with Crippen molar-refractivity contribution in [1.29, 1.82) is 0 Å². The van der Waals surface area contributed by atoms with E-state index in [2.05, 4.69) is 10.4 Å². The third-order valence-electron chi connectivity index (χ3n) is 3.05. The zero-order valence-electron chi connectivity index (χ0n) is 13.5. The molecule has 0 aliphatic heterocycles. The van der Waals surface area contributed by atoms with Crippen LogP contribution in [0.3, 0.4) is 0 Å². The van der Waals surface area contributed by atoms with Crippen molar-refractivity contribution in [3.05, 3.63) is 40.9 Å². The molecule has 1 aromatic heterocycles.